The molecule has 2 aromatic carbocycles. The van der Waals surface area contributed by atoms with Crippen molar-refractivity contribution in [3.05, 3.63) is 54.1 Å². The maximum Gasteiger partial charge on any atom is 0.212 e. The third-order valence-corrected chi connectivity index (χ3v) is 5.01. The lowest BCUT2D eigenvalue weighted by molar-refractivity contribution is 0.328. The zero-order chi connectivity index (χ0) is 17.7. The number of nitrogens with zero attached hydrogens (tertiary/aromatic N) is 3. The molecule has 8 heteroatoms. The number of hydrogen-bond acceptors (Lipinski definition) is 7. The molecule has 2 aliphatic heterocycles. The molecule has 3 heterocycles. The monoisotopic (exact) mass is 349 g/mol. The molecular weight excluding hydrogens is 330 g/mol. The second-order valence-electron chi connectivity index (χ2n) is 6.61. The maximum absolute atomic E-state index is 9.86. The minimum atomic E-state index is -0.214. The summed E-state index contributed by atoms with van der Waals surface area (Å²) >= 11 is 0. The van der Waals surface area contributed by atoms with E-state index in [4.69, 9.17) is 5.73 Å². The molecule has 0 radical (unpaired) electrons. The van der Waals surface area contributed by atoms with Gasteiger partial charge in [0, 0.05) is 12.5 Å². The summed E-state index contributed by atoms with van der Waals surface area (Å²) < 4.78 is 2.10. The number of hydrogen-bond donors (Lipinski definition) is 5. The van der Waals surface area contributed by atoms with Gasteiger partial charge in [0.25, 0.3) is 0 Å². The predicted molar refractivity (Wildman–Crippen MR) is 99.5 cm³/mol. The molecule has 26 heavy (non-hydrogen) atoms. The van der Waals surface area contributed by atoms with Crippen molar-refractivity contribution in [2.45, 2.75) is 12.2 Å². The van der Waals surface area contributed by atoms with Gasteiger partial charge in [0.1, 0.15) is 11.9 Å². The molecule has 132 valence electrons. The number of guanidine groups is 1. The van der Waals surface area contributed by atoms with E-state index in [9.17, 15) is 5.11 Å². The summed E-state index contributed by atoms with van der Waals surface area (Å²) in [6, 6.07) is 15.3. The van der Waals surface area contributed by atoms with Gasteiger partial charge < -0.3 is 10.8 Å². The lowest BCUT2D eigenvalue weighted by Gasteiger charge is -2.30. The van der Waals surface area contributed by atoms with Crippen LogP contribution < -0.4 is 21.9 Å². The van der Waals surface area contributed by atoms with Gasteiger partial charge >= 0.3 is 0 Å². The van der Waals surface area contributed by atoms with Crippen LogP contribution in [0, 0.1) is 5.92 Å². The van der Waals surface area contributed by atoms with Crippen LogP contribution in [0.4, 0.5) is 5.95 Å². The van der Waals surface area contributed by atoms with Gasteiger partial charge in [0.15, 0.2) is 5.96 Å². The van der Waals surface area contributed by atoms with Crippen LogP contribution in [0.15, 0.2) is 53.5 Å². The largest absolute Gasteiger partial charge is 0.508 e. The summed E-state index contributed by atoms with van der Waals surface area (Å²) in [6.07, 6.45) is -0.214. The number of imidazole rings is 1. The third kappa shape index (κ3) is 2.31. The van der Waals surface area contributed by atoms with E-state index in [2.05, 4.69) is 30.7 Å². The summed E-state index contributed by atoms with van der Waals surface area (Å²) in [4.78, 5) is 9.34. The molecular formula is C18H19N7O. The number of benzene rings is 2. The molecule has 0 saturated carbocycles. The molecule has 0 bridgehead atoms. The number of anilines is 1. The van der Waals surface area contributed by atoms with Gasteiger partial charge in [-0.3, -0.25) is 15.3 Å². The fourth-order valence-electron chi connectivity index (χ4n) is 3.87. The van der Waals surface area contributed by atoms with Gasteiger partial charge in [-0.15, -0.1) is 0 Å². The first-order valence-corrected chi connectivity index (χ1v) is 8.55. The van der Waals surface area contributed by atoms with Gasteiger partial charge in [-0.25, -0.2) is 15.4 Å². The Bertz CT molecular complexity index is 1010. The number of rotatable bonds is 2. The zero-order valence-corrected chi connectivity index (χ0v) is 13.9. The predicted octanol–water partition coefficient (Wildman–Crippen LogP) is 1.45. The molecule has 3 aromatic rings. The van der Waals surface area contributed by atoms with E-state index in [1.807, 2.05) is 36.4 Å². The van der Waals surface area contributed by atoms with E-state index < -0.39 is 0 Å². The highest BCUT2D eigenvalue weighted by atomic mass is 16.3. The fraction of sp³-hybridized carbons (Fsp3) is 0.222. The number of hydrazine groups is 1. The normalized spacial score (nSPS) is 24.9. The summed E-state index contributed by atoms with van der Waals surface area (Å²) in [5.74, 6) is 1.40. The van der Waals surface area contributed by atoms with Crippen LogP contribution in [0.3, 0.4) is 0 Å². The fourth-order valence-corrected chi connectivity index (χ4v) is 3.87. The minimum absolute atomic E-state index is 0.0178. The van der Waals surface area contributed by atoms with E-state index >= 15 is 0 Å². The van der Waals surface area contributed by atoms with Crippen molar-refractivity contribution in [2.75, 3.05) is 11.9 Å². The zero-order valence-electron chi connectivity index (χ0n) is 13.9. The highest BCUT2D eigenvalue weighted by Crippen LogP contribution is 2.39. The second-order valence-corrected chi connectivity index (χ2v) is 6.61. The van der Waals surface area contributed by atoms with Crippen LogP contribution >= 0.6 is 0 Å². The smallest absolute Gasteiger partial charge is 0.212 e. The number of aromatic hydroxyl groups is 1. The Kier molecular flexibility index (Phi) is 3.34. The molecule has 8 nitrogen and oxygen atoms in total. The Morgan fingerprint density at radius 2 is 2.04 bits per heavy atom. The van der Waals surface area contributed by atoms with Gasteiger partial charge in [-0.2, -0.15) is 0 Å². The van der Waals surface area contributed by atoms with Crippen LogP contribution in [0.2, 0.25) is 0 Å². The Labute approximate surface area is 149 Å². The average Bonchev–Trinajstić information content (AvgIpc) is 3.25. The Balaban J connectivity index is 1.62. The van der Waals surface area contributed by atoms with Crippen molar-refractivity contribution in [3.63, 3.8) is 0 Å². The van der Waals surface area contributed by atoms with Crippen molar-refractivity contribution in [1.82, 2.24) is 20.4 Å². The lowest BCUT2D eigenvalue weighted by Crippen LogP contribution is -2.35. The van der Waals surface area contributed by atoms with Gasteiger partial charge in [-0.05, 0) is 29.8 Å². The highest BCUT2D eigenvalue weighted by molar-refractivity contribution is 5.94. The molecule has 5 rings (SSSR count). The number of aliphatic imine (C=N–C) groups is 1. The number of phenols is 1. The van der Waals surface area contributed by atoms with Crippen LogP contribution in [-0.2, 0) is 0 Å². The molecule has 0 aliphatic carbocycles. The quantitative estimate of drug-likeness (QED) is 0.479. The molecule has 2 aliphatic rings. The van der Waals surface area contributed by atoms with Crippen molar-refractivity contribution in [3.8, 4) is 5.75 Å². The van der Waals surface area contributed by atoms with E-state index in [0.29, 0.717) is 18.5 Å². The number of fused-ring (bicyclic) bond motifs is 3. The Hall–Kier alpha value is -3.10. The number of phenolic OH excluding ortho intramolecular Hbond substituents is 1. The van der Waals surface area contributed by atoms with Gasteiger partial charge in [0.05, 0.1) is 17.1 Å². The van der Waals surface area contributed by atoms with Crippen molar-refractivity contribution in [1.29, 1.82) is 0 Å². The number of nitrogens with one attached hydrogen (secondary N) is 3. The van der Waals surface area contributed by atoms with Crippen LogP contribution in [0.25, 0.3) is 11.0 Å². The van der Waals surface area contributed by atoms with Gasteiger partial charge in [-0.1, -0.05) is 24.3 Å². The van der Waals surface area contributed by atoms with Gasteiger partial charge in [0.2, 0.25) is 5.95 Å². The summed E-state index contributed by atoms with van der Waals surface area (Å²) in [7, 11) is 0. The first-order chi connectivity index (χ1) is 12.7. The summed E-state index contributed by atoms with van der Waals surface area (Å²) in [6.45, 7) is 0.716. The van der Waals surface area contributed by atoms with Crippen molar-refractivity contribution >= 4 is 22.9 Å². The number of para-hydroxylation sites is 2. The maximum atomic E-state index is 9.86. The van der Waals surface area contributed by atoms with E-state index in [1.165, 1.54) is 0 Å². The highest BCUT2D eigenvalue weighted by Gasteiger charge is 2.39. The average molecular weight is 349 g/mol. The minimum Gasteiger partial charge on any atom is -0.508 e. The number of aromatic nitrogens is 2. The summed E-state index contributed by atoms with van der Waals surface area (Å²) in [5, 5.41) is 12.9. The molecule has 1 fully saturated rings. The summed E-state index contributed by atoms with van der Waals surface area (Å²) in [5.41, 5.74) is 15.5. The van der Waals surface area contributed by atoms with Crippen molar-refractivity contribution in [2.24, 2.45) is 16.6 Å². The second kappa shape index (κ2) is 5.72. The number of nitrogens with two attached hydrogens (primary N) is 1. The molecule has 6 N–H and O–H groups in total. The first-order valence-electron chi connectivity index (χ1n) is 8.55. The Morgan fingerprint density at radius 1 is 1.15 bits per heavy atom. The van der Waals surface area contributed by atoms with Crippen molar-refractivity contribution < 1.29 is 5.11 Å². The topological polar surface area (TPSA) is 113 Å². The van der Waals surface area contributed by atoms with E-state index in [0.717, 1.165) is 16.6 Å². The SMILES string of the molecule is NC1=NC(C2CNNC2c2cccc(O)c2)n2c(nc3ccccc32)N1. The molecule has 0 spiro atoms. The third-order valence-electron chi connectivity index (χ3n) is 5.01. The molecule has 0 amide bonds. The molecule has 3 unspecified atom stereocenters. The van der Waals surface area contributed by atoms with E-state index in [-0.39, 0.29) is 23.9 Å². The van der Waals surface area contributed by atoms with Crippen LogP contribution in [0.1, 0.15) is 17.8 Å². The van der Waals surface area contributed by atoms with Crippen LogP contribution in [0.5, 0.6) is 5.75 Å². The standard InChI is InChI=1S/C18H19N7O/c19-17-22-16(25-14-7-2-1-6-13(14)21-18(25)23-17)12-9-20-24-15(12)10-4-3-5-11(26)8-10/h1-8,12,15-16,20,24,26H,9H2,(H3,19,21,22,23). The molecule has 1 saturated heterocycles. The molecule has 1 aromatic heterocycles. The first kappa shape index (κ1) is 15.2. The van der Waals surface area contributed by atoms with E-state index in [1.54, 1.807) is 12.1 Å². The molecule has 3 atom stereocenters. The van der Waals surface area contributed by atoms with Crippen LogP contribution in [-0.4, -0.2) is 27.2 Å². The lowest BCUT2D eigenvalue weighted by atomic mass is 9.92. The Morgan fingerprint density at radius 3 is 2.92 bits per heavy atom.